The molecule has 3 rings (SSSR count). The summed E-state index contributed by atoms with van der Waals surface area (Å²) < 4.78 is 47.7. The predicted molar refractivity (Wildman–Crippen MR) is 109 cm³/mol. The maximum Gasteiger partial charge on any atom is 0.420 e. The van der Waals surface area contributed by atoms with E-state index < -0.39 is 23.2 Å². The van der Waals surface area contributed by atoms with Crippen molar-refractivity contribution in [1.82, 2.24) is 0 Å². The lowest BCUT2D eigenvalue weighted by molar-refractivity contribution is -0.138. The summed E-state index contributed by atoms with van der Waals surface area (Å²) in [6.45, 7) is 3.83. The van der Waals surface area contributed by atoms with Crippen LogP contribution in [0.25, 0.3) is 10.8 Å². The van der Waals surface area contributed by atoms with Crippen molar-refractivity contribution in [2.45, 2.75) is 70.2 Å². The molecule has 2 aromatic carbocycles. The maximum absolute atomic E-state index is 14.0. The highest BCUT2D eigenvalue weighted by Gasteiger charge is 2.37. The second-order valence-electron chi connectivity index (χ2n) is 8.68. The lowest BCUT2D eigenvalue weighted by atomic mass is 9.86. The van der Waals surface area contributed by atoms with Gasteiger partial charge in [0.25, 0.3) is 0 Å². The molecule has 1 atom stereocenters. The minimum atomic E-state index is -4.56. The summed E-state index contributed by atoms with van der Waals surface area (Å²) in [4.78, 5) is 10.9. The molecule has 164 valence electrons. The third-order valence-corrected chi connectivity index (χ3v) is 6.04. The van der Waals surface area contributed by atoms with Gasteiger partial charge in [-0.05, 0) is 73.4 Å². The summed E-state index contributed by atoms with van der Waals surface area (Å²) in [5.41, 5.74) is 5.12. The summed E-state index contributed by atoms with van der Waals surface area (Å²) >= 11 is 0. The number of halogens is 3. The normalized spacial score (nSPS) is 21.9. The van der Waals surface area contributed by atoms with Gasteiger partial charge in [0, 0.05) is 12.0 Å². The Hall–Kier alpha value is -2.28. The molecule has 4 nitrogen and oxygen atoms in total. The molecule has 0 spiro atoms. The lowest BCUT2D eigenvalue weighted by Crippen LogP contribution is -2.33. The first-order valence-electron chi connectivity index (χ1n) is 10.3. The number of aliphatic carboxylic acids is 1. The van der Waals surface area contributed by atoms with Crippen LogP contribution < -0.4 is 10.5 Å². The highest BCUT2D eigenvalue weighted by Crippen LogP contribution is 2.43. The van der Waals surface area contributed by atoms with Crippen LogP contribution in [0.2, 0.25) is 0 Å². The van der Waals surface area contributed by atoms with Gasteiger partial charge in [0.2, 0.25) is 0 Å². The highest BCUT2D eigenvalue weighted by atomic mass is 19.4. The molecular formula is C23H28F3NO3. The highest BCUT2D eigenvalue weighted by molar-refractivity contribution is 5.89. The van der Waals surface area contributed by atoms with Crippen molar-refractivity contribution >= 4 is 16.7 Å². The van der Waals surface area contributed by atoms with Crippen molar-refractivity contribution in [2.24, 2.45) is 11.7 Å². The number of carboxylic acids is 1. The van der Waals surface area contributed by atoms with Crippen LogP contribution in [0.15, 0.2) is 30.3 Å². The second-order valence-corrected chi connectivity index (χ2v) is 8.68. The Morgan fingerprint density at radius 2 is 1.83 bits per heavy atom. The molecule has 0 bridgehead atoms. The van der Waals surface area contributed by atoms with Crippen LogP contribution in [0.5, 0.6) is 5.75 Å². The van der Waals surface area contributed by atoms with Gasteiger partial charge in [-0.2, -0.15) is 13.2 Å². The molecule has 7 heteroatoms. The van der Waals surface area contributed by atoms with Crippen LogP contribution in [0.1, 0.15) is 63.5 Å². The first-order valence-corrected chi connectivity index (χ1v) is 10.3. The summed E-state index contributed by atoms with van der Waals surface area (Å²) in [6, 6.07) is 7.57. The van der Waals surface area contributed by atoms with Crippen molar-refractivity contribution in [3.8, 4) is 5.75 Å². The quantitative estimate of drug-likeness (QED) is 0.611. The van der Waals surface area contributed by atoms with E-state index in [0.29, 0.717) is 16.9 Å². The van der Waals surface area contributed by atoms with E-state index in [4.69, 9.17) is 15.6 Å². The number of nitrogens with two attached hydrogens (primary N) is 1. The Labute approximate surface area is 174 Å². The van der Waals surface area contributed by atoms with Crippen molar-refractivity contribution in [3.05, 3.63) is 41.5 Å². The van der Waals surface area contributed by atoms with E-state index in [2.05, 4.69) is 6.92 Å². The Kier molecular flexibility index (Phi) is 6.32. The summed E-state index contributed by atoms with van der Waals surface area (Å²) in [7, 11) is 0. The molecule has 0 heterocycles. The summed E-state index contributed by atoms with van der Waals surface area (Å²) in [5, 5.41) is 9.36. The van der Waals surface area contributed by atoms with Gasteiger partial charge in [0.05, 0.1) is 6.10 Å². The van der Waals surface area contributed by atoms with Crippen LogP contribution in [0.4, 0.5) is 13.2 Å². The van der Waals surface area contributed by atoms with Gasteiger partial charge in [-0.3, -0.25) is 4.79 Å². The van der Waals surface area contributed by atoms with Gasteiger partial charge in [-0.1, -0.05) is 25.1 Å². The third-order valence-electron chi connectivity index (χ3n) is 6.04. The molecular weight excluding hydrogens is 395 g/mol. The number of carbonyl (C=O) groups is 1. The van der Waals surface area contributed by atoms with E-state index in [-0.39, 0.29) is 30.1 Å². The van der Waals surface area contributed by atoms with Crippen molar-refractivity contribution in [1.29, 1.82) is 0 Å². The molecule has 3 N–H and O–H groups in total. The zero-order chi connectivity index (χ0) is 22.1. The SMILES string of the molecule is CC(N)(CCC(=O)O)c1ccc2c(C(F)(F)F)c(O[C@H]3CC[C@@H](C)CC3)ccc2c1. The van der Waals surface area contributed by atoms with Crippen molar-refractivity contribution in [3.63, 3.8) is 0 Å². The standard InChI is InChI=1S/C23H28F3NO3/c1-14-3-7-17(8-4-14)30-19-10-5-15-13-16(22(2,27)12-11-20(28)29)6-9-18(15)21(19)23(24,25)26/h5-6,9-10,13-14,17H,3-4,7-8,11-12,27H2,1-2H3,(H,28,29)/t14-,17+,22?. The van der Waals surface area contributed by atoms with Crippen LogP contribution >= 0.6 is 0 Å². The second kappa shape index (κ2) is 8.46. The fourth-order valence-corrected chi connectivity index (χ4v) is 4.09. The summed E-state index contributed by atoms with van der Waals surface area (Å²) in [6.07, 6.45) is -1.29. The maximum atomic E-state index is 14.0. The number of benzene rings is 2. The fraction of sp³-hybridized carbons (Fsp3) is 0.522. The lowest BCUT2D eigenvalue weighted by Gasteiger charge is -2.29. The average Bonchev–Trinajstić information content (AvgIpc) is 2.66. The Balaban J connectivity index is 1.97. The number of hydrogen-bond acceptors (Lipinski definition) is 3. The number of alkyl halides is 3. The number of fused-ring (bicyclic) bond motifs is 1. The Morgan fingerprint density at radius 3 is 2.43 bits per heavy atom. The average molecular weight is 423 g/mol. The smallest absolute Gasteiger partial charge is 0.420 e. The molecule has 1 aliphatic carbocycles. The van der Waals surface area contributed by atoms with Crippen LogP contribution in [-0.4, -0.2) is 17.2 Å². The van der Waals surface area contributed by atoms with Gasteiger partial charge in [-0.15, -0.1) is 0 Å². The first kappa shape index (κ1) is 22.4. The topological polar surface area (TPSA) is 72.6 Å². The van der Waals surface area contributed by atoms with Crippen LogP contribution in [-0.2, 0) is 16.5 Å². The molecule has 30 heavy (non-hydrogen) atoms. The minimum Gasteiger partial charge on any atom is -0.490 e. The molecule has 0 saturated heterocycles. The Morgan fingerprint density at radius 1 is 1.17 bits per heavy atom. The minimum absolute atomic E-state index is 0.0574. The molecule has 0 radical (unpaired) electrons. The van der Waals surface area contributed by atoms with Crippen molar-refractivity contribution < 1.29 is 27.8 Å². The molecule has 1 unspecified atom stereocenters. The monoisotopic (exact) mass is 423 g/mol. The van der Waals surface area contributed by atoms with Gasteiger partial charge in [-0.25, -0.2) is 0 Å². The van der Waals surface area contributed by atoms with Gasteiger partial charge < -0.3 is 15.6 Å². The number of hydrogen-bond donors (Lipinski definition) is 2. The number of carboxylic acid groups (broad SMARTS) is 1. The van der Waals surface area contributed by atoms with E-state index in [9.17, 15) is 18.0 Å². The molecule has 0 amide bonds. The van der Waals surface area contributed by atoms with Gasteiger partial charge in [0.1, 0.15) is 11.3 Å². The van der Waals surface area contributed by atoms with E-state index in [1.165, 1.54) is 12.1 Å². The first-order chi connectivity index (χ1) is 14.0. The number of rotatable bonds is 6. The third kappa shape index (κ3) is 5.06. The van der Waals surface area contributed by atoms with Crippen molar-refractivity contribution in [2.75, 3.05) is 0 Å². The zero-order valence-corrected chi connectivity index (χ0v) is 17.3. The molecule has 0 aromatic heterocycles. The zero-order valence-electron chi connectivity index (χ0n) is 17.3. The predicted octanol–water partition coefficient (Wildman–Crippen LogP) is 5.85. The molecule has 2 aromatic rings. The van der Waals surface area contributed by atoms with Gasteiger partial charge in [0.15, 0.2) is 0 Å². The van der Waals surface area contributed by atoms with E-state index >= 15 is 0 Å². The van der Waals surface area contributed by atoms with E-state index in [1.54, 1.807) is 25.1 Å². The fourth-order valence-electron chi connectivity index (χ4n) is 4.09. The largest absolute Gasteiger partial charge is 0.490 e. The van der Waals surface area contributed by atoms with Gasteiger partial charge >= 0.3 is 12.1 Å². The molecule has 1 aliphatic rings. The van der Waals surface area contributed by atoms with E-state index in [0.717, 1.165) is 25.7 Å². The van der Waals surface area contributed by atoms with E-state index in [1.807, 2.05) is 0 Å². The van der Waals surface area contributed by atoms with Crippen LogP contribution in [0.3, 0.4) is 0 Å². The molecule has 0 aliphatic heterocycles. The molecule has 1 saturated carbocycles. The Bertz CT molecular complexity index is 916. The summed E-state index contributed by atoms with van der Waals surface area (Å²) in [5.74, 6) is -0.525. The van der Waals surface area contributed by atoms with Crippen LogP contribution in [0, 0.1) is 5.92 Å². The molecule has 1 fully saturated rings. The number of ether oxygens (including phenoxy) is 1.